The fraction of sp³-hybridized carbons (Fsp3) is 0.882. The van der Waals surface area contributed by atoms with E-state index in [0.717, 1.165) is 38.7 Å². The lowest BCUT2D eigenvalue weighted by atomic mass is 10.2. The Morgan fingerprint density at radius 1 is 1.23 bits per heavy atom. The minimum Gasteiger partial charge on any atom is -0.376 e. The van der Waals surface area contributed by atoms with Gasteiger partial charge in [0.2, 0.25) is 5.91 Å². The van der Waals surface area contributed by atoms with Gasteiger partial charge in [0.1, 0.15) is 6.54 Å². The van der Waals surface area contributed by atoms with E-state index < -0.39 is 5.79 Å². The Kier molecular flexibility index (Phi) is 8.37. The van der Waals surface area contributed by atoms with Gasteiger partial charge >= 0.3 is 0 Å². The van der Waals surface area contributed by atoms with Crippen LogP contribution in [0.4, 0.5) is 0 Å². The molecule has 8 nitrogen and oxygen atoms in total. The molecule has 3 rings (SSSR count). The summed E-state index contributed by atoms with van der Waals surface area (Å²) in [4.78, 5) is 17.8. The molecule has 1 saturated carbocycles. The second-order valence-corrected chi connectivity index (χ2v) is 7.16. The molecule has 0 aromatic rings. The summed E-state index contributed by atoms with van der Waals surface area (Å²) in [6.45, 7) is 2.99. The largest absolute Gasteiger partial charge is 0.376 e. The number of carbonyl (C=O) groups excluding carboxylic acids is 1. The highest BCUT2D eigenvalue weighted by Crippen LogP contribution is 2.37. The molecule has 2 unspecified atom stereocenters. The summed E-state index contributed by atoms with van der Waals surface area (Å²) < 4.78 is 17.2. The summed E-state index contributed by atoms with van der Waals surface area (Å²) in [5.74, 6) is 0.214. The maximum Gasteiger partial charge on any atom is 0.243 e. The lowest BCUT2D eigenvalue weighted by molar-refractivity contribution is -0.151. The molecule has 0 aromatic heterocycles. The number of halogens is 1. The summed E-state index contributed by atoms with van der Waals surface area (Å²) in [6.07, 6.45) is 5.03. The molecule has 2 heterocycles. The third kappa shape index (κ3) is 5.93. The van der Waals surface area contributed by atoms with Crippen molar-refractivity contribution < 1.29 is 19.0 Å². The SMILES string of the molecule is CN(C)C(=O)CN=C(NCC1CCCO1)NC1CCC2(C1)OCCO2.I. The van der Waals surface area contributed by atoms with Crippen molar-refractivity contribution in [2.24, 2.45) is 4.99 Å². The molecule has 1 spiro atoms. The average Bonchev–Trinajstić information content (AvgIpc) is 3.33. The van der Waals surface area contributed by atoms with E-state index in [1.165, 1.54) is 0 Å². The Bertz CT molecular complexity index is 491. The maximum atomic E-state index is 11.8. The Balaban J connectivity index is 0.00000243. The molecular formula is C17H31IN4O4. The van der Waals surface area contributed by atoms with Gasteiger partial charge in [-0.25, -0.2) is 4.99 Å². The molecule has 9 heteroatoms. The smallest absolute Gasteiger partial charge is 0.243 e. The first-order valence-electron chi connectivity index (χ1n) is 9.21. The molecular weight excluding hydrogens is 451 g/mol. The van der Waals surface area contributed by atoms with E-state index in [2.05, 4.69) is 15.6 Å². The topological polar surface area (TPSA) is 84.4 Å². The van der Waals surface area contributed by atoms with Crippen LogP contribution in [0.5, 0.6) is 0 Å². The van der Waals surface area contributed by atoms with Crippen molar-refractivity contribution in [2.75, 3.05) is 47.0 Å². The highest BCUT2D eigenvalue weighted by Gasteiger charge is 2.44. The Labute approximate surface area is 172 Å². The normalized spacial score (nSPS) is 27.4. The molecule has 2 saturated heterocycles. The molecule has 3 aliphatic rings. The van der Waals surface area contributed by atoms with Crippen molar-refractivity contribution in [2.45, 2.75) is 50.0 Å². The van der Waals surface area contributed by atoms with Crippen LogP contribution in [0.1, 0.15) is 32.1 Å². The second-order valence-electron chi connectivity index (χ2n) is 7.16. The highest BCUT2D eigenvalue weighted by molar-refractivity contribution is 14.0. The number of aliphatic imine (C=N–C) groups is 1. The van der Waals surface area contributed by atoms with Crippen LogP contribution < -0.4 is 10.6 Å². The zero-order valence-electron chi connectivity index (χ0n) is 15.7. The lowest BCUT2D eigenvalue weighted by Gasteiger charge is -2.23. The number of amides is 1. The van der Waals surface area contributed by atoms with Crippen LogP contribution in [0.2, 0.25) is 0 Å². The van der Waals surface area contributed by atoms with Crippen LogP contribution in [0.3, 0.4) is 0 Å². The van der Waals surface area contributed by atoms with Crippen LogP contribution >= 0.6 is 24.0 Å². The van der Waals surface area contributed by atoms with Gasteiger partial charge in [-0.2, -0.15) is 0 Å². The number of hydrogen-bond acceptors (Lipinski definition) is 5. The third-order valence-corrected chi connectivity index (χ3v) is 4.98. The van der Waals surface area contributed by atoms with Gasteiger partial charge in [-0.15, -0.1) is 24.0 Å². The summed E-state index contributed by atoms with van der Waals surface area (Å²) in [7, 11) is 3.47. The number of likely N-dealkylation sites (N-methyl/N-ethyl adjacent to an activating group) is 1. The van der Waals surface area contributed by atoms with Gasteiger partial charge in [0, 0.05) is 46.1 Å². The standard InChI is InChI=1S/C17H30N4O4.HI/c1-21(2)15(22)12-19-16(18-11-14-4-3-7-23-14)20-13-5-6-17(10-13)24-8-9-25-17;/h13-14H,3-12H2,1-2H3,(H2,18,19,20);1H. The van der Waals surface area contributed by atoms with Crippen molar-refractivity contribution in [1.29, 1.82) is 0 Å². The first kappa shape index (κ1) is 21.6. The number of hydrogen-bond donors (Lipinski definition) is 2. The summed E-state index contributed by atoms with van der Waals surface area (Å²) in [5, 5.41) is 6.76. The van der Waals surface area contributed by atoms with E-state index in [1.807, 2.05) is 0 Å². The Hall–Kier alpha value is -0.650. The first-order chi connectivity index (χ1) is 12.1. The van der Waals surface area contributed by atoms with Gasteiger partial charge in [0.25, 0.3) is 0 Å². The minimum atomic E-state index is -0.420. The predicted molar refractivity (Wildman–Crippen MR) is 109 cm³/mol. The van der Waals surface area contributed by atoms with Crippen LogP contribution in [0.25, 0.3) is 0 Å². The summed E-state index contributed by atoms with van der Waals surface area (Å²) in [5.41, 5.74) is 0. The fourth-order valence-electron chi connectivity index (χ4n) is 3.51. The quantitative estimate of drug-likeness (QED) is 0.341. The number of nitrogens with one attached hydrogen (secondary N) is 2. The number of nitrogens with zero attached hydrogens (tertiary/aromatic N) is 2. The first-order valence-corrected chi connectivity index (χ1v) is 9.21. The van der Waals surface area contributed by atoms with Crippen LogP contribution in [-0.4, -0.2) is 81.7 Å². The molecule has 1 aliphatic carbocycles. The van der Waals surface area contributed by atoms with E-state index in [9.17, 15) is 4.79 Å². The van der Waals surface area contributed by atoms with Crippen molar-refractivity contribution in [3.8, 4) is 0 Å². The third-order valence-electron chi connectivity index (χ3n) is 4.98. The fourth-order valence-corrected chi connectivity index (χ4v) is 3.51. The predicted octanol–water partition coefficient (Wildman–Crippen LogP) is 0.702. The summed E-state index contributed by atoms with van der Waals surface area (Å²) in [6, 6.07) is 0.225. The zero-order valence-corrected chi connectivity index (χ0v) is 18.0. The van der Waals surface area contributed by atoms with Crippen LogP contribution in [0.15, 0.2) is 4.99 Å². The number of guanidine groups is 1. The van der Waals surface area contributed by atoms with Gasteiger partial charge in [0.05, 0.1) is 19.3 Å². The molecule has 2 N–H and O–H groups in total. The van der Waals surface area contributed by atoms with E-state index in [1.54, 1.807) is 19.0 Å². The number of carbonyl (C=O) groups is 1. The highest BCUT2D eigenvalue weighted by atomic mass is 127. The second kappa shape index (κ2) is 10.0. The molecule has 0 bridgehead atoms. The monoisotopic (exact) mass is 482 g/mol. The van der Waals surface area contributed by atoms with E-state index >= 15 is 0 Å². The van der Waals surface area contributed by atoms with Crippen molar-refractivity contribution in [3.05, 3.63) is 0 Å². The zero-order chi connectivity index (χ0) is 17.7. The molecule has 0 radical (unpaired) electrons. The van der Waals surface area contributed by atoms with E-state index in [4.69, 9.17) is 14.2 Å². The maximum absolute atomic E-state index is 11.8. The van der Waals surface area contributed by atoms with Crippen LogP contribution in [0, 0.1) is 0 Å². The van der Waals surface area contributed by atoms with Gasteiger partial charge in [-0.3, -0.25) is 4.79 Å². The molecule has 150 valence electrons. The van der Waals surface area contributed by atoms with Gasteiger partial charge in [0.15, 0.2) is 11.7 Å². The van der Waals surface area contributed by atoms with Crippen LogP contribution in [-0.2, 0) is 19.0 Å². The Morgan fingerprint density at radius 3 is 2.65 bits per heavy atom. The molecule has 2 aliphatic heterocycles. The average molecular weight is 482 g/mol. The molecule has 26 heavy (non-hydrogen) atoms. The molecule has 3 fully saturated rings. The van der Waals surface area contributed by atoms with Crippen molar-refractivity contribution in [1.82, 2.24) is 15.5 Å². The van der Waals surface area contributed by atoms with Gasteiger partial charge < -0.3 is 29.7 Å². The van der Waals surface area contributed by atoms with Crippen molar-refractivity contribution in [3.63, 3.8) is 0 Å². The van der Waals surface area contributed by atoms with E-state index in [0.29, 0.717) is 25.7 Å². The molecule has 0 aromatic carbocycles. The number of rotatable bonds is 5. The van der Waals surface area contributed by atoms with Crippen molar-refractivity contribution >= 4 is 35.8 Å². The molecule has 2 atom stereocenters. The minimum absolute atomic E-state index is 0. The Morgan fingerprint density at radius 2 is 2.00 bits per heavy atom. The van der Waals surface area contributed by atoms with E-state index in [-0.39, 0.29) is 48.6 Å². The lowest BCUT2D eigenvalue weighted by Crippen LogP contribution is -2.46. The number of ether oxygens (including phenoxy) is 3. The van der Waals surface area contributed by atoms with Gasteiger partial charge in [-0.1, -0.05) is 0 Å². The van der Waals surface area contributed by atoms with Gasteiger partial charge in [-0.05, 0) is 19.3 Å². The summed E-state index contributed by atoms with van der Waals surface area (Å²) >= 11 is 0. The molecule has 1 amide bonds.